The molecule has 0 amide bonds. The molecule has 0 heterocycles. The maximum absolute atomic E-state index is 16.9. The second-order valence-corrected chi connectivity index (χ2v) is 10.3. The first-order chi connectivity index (χ1) is 13.4. The number of fused-ring (bicyclic) bond motifs is 5. The fraction of sp³-hybridized carbons (Fsp3) is 0.682. The van der Waals surface area contributed by atoms with E-state index in [2.05, 4.69) is 0 Å². The van der Waals surface area contributed by atoms with Crippen LogP contribution in [0.3, 0.4) is 0 Å². The largest absolute Gasteiger partial charge is 0.390 e. The van der Waals surface area contributed by atoms with Gasteiger partial charge in [-0.15, -0.1) is 11.6 Å². The SMILES string of the molecule is CC1C[C@H]2[C@@H]3C(F)CC4=CC(=O)C=C[C@]4(C)[C@@]3(F)C(O)C[C@]2(C)[C@@]1(Cl)C(=O)C=O. The van der Waals surface area contributed by atoms with Gasteiger partial charge < -0.3 is 5.11 Å². The third-order valence-corrected chi connectivity index (χ3v) is 9.58. The van der Waals surface area contributed by atoms with Crippen molar-refractivity contribution in [2.24, 2.45) is 28.6 Å². The minimum Gasteiger partial charge on any atom is -0.390 e. The summed E-state index contributed by atoms with van der Waals surface area (Å²) in [7, 11) is 0. The molecule has 0 bridgehead atoms. The fourth-order valence-electron chi connectivity index (χ4n) is 7.07. The summed E-state index contributed by atoms with van der Waals surface area (Å²) in [6, 6.07) is 0. The van der Waals surface area contributed by atoms with Crippen molar-refractivity contribution in [3.05, 3.63) is 23.8 Å². The molecule has 0 aromatic heterocycles. The van der Waals surface area contributed by atoms with Crippen molar-refractivity contribution in [1.82, 2.24) is 0 Å². The van der Waals surface area contributed by atoms with Gasteiger partial charge in [-0.1, -0.05) is 25.5 Å². The molecule has 9 atom stereocenters. The van der Waals surface area contributed by atoms with E-state index < -0.39 is 57.2 Å². The number of carbonyl (C=O) groups is 3. The molecule has 0 aromatic rings. The van der Waals surface area contributed by atoms with Crippen molar-refractivity contribution in [1.29, 1.82) is 0 Å². The van der Waals surface area contributed by atoms with Crippen LogP contribution in [0.2, 0.25) is 0 Å². The van der Waals surface area contributed by atoms with Crippen molar-refractivity contribution < 1.29 is 28.3 Å². The smallest absolute Gasteiger partial charge is 0.216 e. The number of hydrogen-bond acceptors (Lipinski definition) is 4. The third-order valence-electron chi connectivity index (χ3n) is 8.59. The molecule has 158 valence electrons. The van der Waals surface area contributed by atoms with Crippen LogP contribution >= 0.6 is 11.6 Å². The molecule has 0 saturated heterocycles. The second kappa shape index (κ2) is 6.07. The van der Waals surface area contributed by atoms with Gasteiger partial charge in [-0.2, -0.15) is 0 Å². The van der Waals surface area contributed by atoms with Gasteiger partial charge in [0, 0.05) is 23.2 Å². The molecule has 3 fully saturated rings. The number of aliphatic hydroxyl groups is 1. The van der Waals surface area contributed by atoms with Crippen LogP contribution in [-0.2, 0) is 14.4 Å². The lowest BCUT2D eigenvalue weighted by Gasteiger charge is -2.63. The number of carbonyl (C=O) groups excluding carboxylic acids is 3. The van der Waals surface area contributed by atoms with Gasteiger partial charge in [0.25, 0.3) is 0 Å². The van der Waals surface area contributed by atoms with Crippen LogP contribution < -0.4 is 0 Å². The quantitative estimate of drug-likeness (QED) is 0.418. The van der Waals surface area contributed by atoms with Crippen LogP contribution in [0, 0.1) is 28.6 Å². The van der Waals surface area contributed by atoms with Gasteiger partial charge in [0.2, 0.25) is 5.78 Å². The van der Waals surface area contributed by atoms with Gasteiger partial charge in [0.15, 0.2) is 17.7 Å². The van der Waals surface area contributed by atoms with Crippen LogP contribution in [-0.4, -0.2) is 45.8 Å². The van der Waals surface area contributed by atoms with E-state index in [1.54, 1.807) is 20.8 Å². The molecule has 0 radical (unpaired) electrons. The zero-order chi connectivity index (χ0) is 21.6. The molecule has 0 aromatic carbocycles. The van der Waals surface area contributed by atoms with Crippen LogP contribution in [0.4, 0.5) is 8.78 Å². The number of alkyl halides is 3. The monoisotopic (exact) mass is 426 g/mol. The van der Waals surface area contributed by atoms with Crippen LogP contribution in [0.15, 0.2) is 23.8 Å². The van der Waals surface area contributed by atoms with Crippen molar-refractivity contribution in [3.63, 3.8) is 0 Å². The fourth-order valence-corrected chi connectivity index (χ4v) is 7.42. The molecule has 0 aliphatic heterocycles. The highest BCUT2D eigenvalue weighted by Crippen LogP contribution is 2.72. The van der Waals surface area contributed by atoms with Gasteiger partial charge in [0.1, 0.15) is 11.0 Å². The summed E-state index contributed by atoms with van der Waals surface area (Å²) in [5.41, 5.74) is -4.48. The van der Waals surface area contributed by atoms with Gasteiger partial charge in [-0.3, -0.25) is 14.4 Å². The Morgan fingerprint density at radius 3 is 2.66 bits per heavy atom. The Labute approximate surface area is 173 Å². The van der Waals surface area contributed by atoms with Gasteiger partial charge in [-0.25, -0.2) is 8.78 Å². The van der Waals surface area contributed by atoms with Crippen molar-refractivity contribution in [2.75, 3.05) is 0 Å². The van der Waals surface area contributed by atoms with Crippen LogP contribution in [0.5, 0.6) is 0 Å². The Balaban J connectivity index is 1.89. The minimum atomic E-state index is -2.36. The van der Waals surface area contributed by atoms with E-state index in [1.807, 2.05) is 0 Å². The van der Waals surface area contributed by atoms with Crippen molar-refractivity contribution in [3.8, 4) is 0 Å². The third kappa shape index (κ3) is 2.20. The normalized spacial score (nSPS) is 53.6. The molecule has 0 spiro atoms. The Hall–Kier alpha value is -1.40. The molecular weight excluding hydrogens is 402 g/mol. The highest BCUT2D eigenvalue weighted by atomic mass is 35.5. The molecule has 4 aliphatic rings. The molecule has 4 aliphatic carbocycles. The van der Waals surface area contributed by atoms with Crippen molar-refractivity contribution in [2.45, 2.75) is 62.9 Å². The van der Waals surface area contributed by atoms with Crippen LogP contribution in [0.25, 0.3) is 0 Å². The maximum atomic E-state index is 16.9. The summed E-state index contributed by atoms with van der Waals surface area (Å²) >= 11 is 6.76. The molecular formula is C22H25ClF2O4. The molecule has 4 nitrogen and oxygen atoms in total. The Morgan fingerprint density at radius 2 is 2.03 bits per heavy atom. The number of aliphatic hydroxyl groups excluding tert-OH is 1. The van der Waals surface area contributed by atoms with E-state index in [-0.39, 0.29) is 31.3 Å². The number of Topliss-reactive ketones (excluding diaryl/α,β-unsaturated/α-hetero) is 1. The lowest BCUT2D eigenvalue weighted by molar-refractivity contribution is -0.210. The van der Waals surface area contributed by atoms with E-state index in [0.29, 0.717) is 5.57 Å². The summed E-state index contributed by atoms with van der Waals surface area (Å²) in [5.74, 6) is -3.46. The summed E-state index contributed by atoms with van der Waals surface area (Å²) in [6.07, 6.45) is 0.884. The lowest BCUT2D eigenvalue weighted by atomic mass is 9.44. The number of ketones is 2. The van der Waals surface area contributed by atoms with Crippen molar-refractivity contribution >= 4 is 29.5 Å². The topological polar surface area (TPSA) is 71.4 Å². The first-order valence-electron chi connectivity index (χ1n) is 10.0. The number of aldehydes is 1. The lowest BCUT2D eigenvalue weighted by Crippen LogP contribution is -2.70. The van der Waals surface area contributed by atoms with E-state index in [1.165, 1.54) is 18.2 Å². The van der Waals surface area contributed by atoms with E-state index in [0.717, 1.165) is 0 Å². The second-order valence-electron chi connectivity index (χ2n) is 9.70. The highest BCUT2D eigenvalue weighted by Gasteiger charge is 2.77. The molecule has 3 unspecified atom stereocenters. The highest BCUT2D eigenvalue weighted by molar-refractivity contribution is 6.47. The summed E-state index contributed by atoms with van der Waals surface area (Å²) in [5, 5.41) is 11.1. The number of rotatable bonds is 2. The minimum absolute atomic E-state index is 0.118. The molecule has 3 saturated carbocycles. The van der Waals surface area contributed by atoms with Gasteiger partial charge in [0.05, 0.1) is 6.10 Å². The van der Waals surface area contributed by atoms with Gasteiger partial charge in [-0.05, 0) is 43.8 Å². The zero-order valence-corrected chi connectivity index (χ0v) is 17.4. The standard InChI is InChI=1S/C22H25ClF2O4/c1-11-6-14-18-15(24)8-12-7-13(27)4-5-19(12,2)22(18,25)16(28)9-20(14,3)21(11,23)17(29)10-26/h4-5,7,10-11,14-16,18,28H,6,8-9H2,1-3H3/t11?,14-,15?,16?,18+,19-,20-,21-,22+/m0/s1. The number of hydrogen-bond donors (Lipinski definition) is 1. The molecule has 29 heavy (non-hydrogen) atoms. The van der Waals surface area contributed by atoms with E-state index in [9.17, 15) is 19.5 Å². The Morgan fingerprint density at radius 1 is 1.38 bits per heavy atom. The first-order valence-corrected chi connectivity index (χ1v) is 10.4. The molecule has 7 heteroatoms. The van der Waals surface area contributed by atoms with E-state index >= 15 is 8.78 Å². The average molecular weight is 427 g/mol. The molecule has 1 N–H and O–H groups in total. The maximum Gasteiger partial charge on any atom is 0.216 e. The number of halogens is 3. The summed E-state index contributed by atoms with van der Waals surface area (Å²) in [6.45, 7) is 4.97. The van der Waals surface area contributed by atoms with E-state index in [4.69, 9.17) is 11.6 Å². The van der Waals surface area contributed by atoms with Gasteiger partial charge >= 0.3 is 0 Å². The summed E-state index contributed by atoms with van der Waals surface area (Å²) < 4.78 is 32.4. The Bertz CT molecular complexity index is 871. The zero-order valence-electron chi connectivity index (χ0n) is 16.6. The predicted molar refractivity (Wildman–Crippen MR) is 103 cm³/mol. The summed E-state index contributed by atoms with van der Waals surface area (Å²) in [4.78, 5) is 34.1. The first kappa shape index (κ1) is 20.9. The number of allylic oxidation sites excluding steroid dienone is 4. The average Bonchev–Trinajstić information content (AvgIpc) is 2.85. The molecule has 4 rings (SSSR count). The van der Waals surface area contributed by atoms with Crippen LogP contribution in [0.1, 0.15) is 40.0 Å². The Kier molecular flexibility index (Phi) is 4.36. The predicted octanol–water partition coefficient (Wildman–Crippen LogP) is 3.30.